The summed E-state index contributed by atoms with van der Waals surface area (Å²) in [5, 5.41) is 5.71. The van der Waals surface area contributed by atoms with Crippen molar-refractivity contribution < 1.29 is 4.74 Å². The largest absolute Gasteiger partial charge is 0.374 e. The molecule has 1 N–H and O–H groups in total. The average Bonchev–Trinajstić information content (AvgIpc) is 3.03. The number of hydrogen-bond acceptors (Lipinski definition) is 4. The van der Waals surface area contributed by atoms with Gasteiger partial charge in [0.05, 0.1) is 5.60 Å². The SMILES string of the molecule is CNC(c1cccs1)C1CCOC2(CCSC2)C1. The Kier molecular flexibility index (Phi) is 3.99. The normalized spacial score (nSPS) is 33.9. The molecule has 1 aromatic rings. The molecule has 1 spiro atoms. The Bertz CT molecular complexity index is 373. The highest BCUT2D eigenvalue weighted by molar-refractivity contribution is 7.99. The van der Waals surface area contributed by atoms with Crippen LogP contribution in [0.15, 0.2) is 17.5 Å². The van der Waals surface area contributed by atoms with Gasteiger partial charge in [0.25, 0.3) is 0 Å². The van der Waals surface area contributed by atoms with Crippen molar-refractivity contribution in [1.29, 1.82) is 0 Å². The summed E-state index contributed by atoms with van der Waals surface area (Å²) in [4.78, 5) is 1.48. The molecule has 0 saturated carbocycles. The molecular weight excluding hydrogens is 262 g/mol. The molecule has 100 valence electrons. The topological polar surface area (TPSA) is 21.3 Å². The van der Waals surface area contributed by atoms with Gasteiger partial charge < -0.3 is 10.1 Å². The fraction of sp³-hybridized carbons (Fsp3) is 0.714. The lowest BCUT2D eigenvalue weighted by atomic mass is 9.81. The van der Waals surface area contributed by atoms with E-state index >= 15 is 0 Å². The Balaban J connectivity index is 1.74. The summed E-state index contributed by atoms with van der Waals surface area (Å²) >= 11 is 3.93. The predicted octanol–water partition coefficient (Wildman–Crippen LogP) is 3.31. The average molecular weight is 283 g/mol. The molecule has 0 aliphatic carbocycles. The number of hydrogen-bond donors (Lipinski definition) is 1. The molecule has 3 rings (SSSR count). The molecule has 3 unspecified atom stereocenters. The third-order valence-electron chi connectivity index (χ3n) is 4.23. The first-order valence-corrected chi connectivity index (χ1v) is 8.79. The van der Waals surface area contributed by atoms with E-state index in [-0.39, 0.29) is 5.60 Å². The van der Waals surface area contributed by atoms with Crippen LogP contribution in [0.1, 0.15) is 30.2 Å². The molecule has 0 aromatic carbocycles. The van der Waals surface area contributed by atoms with E-state index in [0.717, 1.165) is 12.5 Å². The molecule has 0 radical (unpaired) electrons. The molecule has 2 aliphatic rings. The summed E-state index contributed by atoms with van der Waals surface area (Å²) in [6.45, 7) is 0.939. The molecule has 4 heteroatoms. The van der Waals surface area contributed by atoms with Gasteiger partial charge in [-0.05, 0) is 49.4 Å². The molecule has 2 fully saturated rings. The summed E-state index contributed by atoms with van der Waals surface area (Å²) in [6, 6.07) is 4.93. The monoisotopic (exact) mass is 283 g/mol. The number of rotatable bonds is 3. The van der Waals surface area contributed by atoms with Crippen LogP contribution in [0.4, 0.5) is 0 Å². The van der Waals surface area contributed by atoms with Crippen LogP contribution in [0.5, 0.6) is 0 Å². The van der Waals surface area contributed by atoms with Crippen molar-refractivity contribution in [3.05, 3.63) is 22.4 Å². The number of thiophene rings is 1. The lowest BCUT2D eigenvalue weighted by molar-refractivity contribution is -0.0848. The lowest BCUT2D eigenvalue weighted by Gasteiger charge is -2.40. The van der Waals surface area contributed by atoms with Gasteiger partial charge in [-0.1, -0.05) is 6.07 Å². The minimum absolute atomic E-state index is 0.194. The van der Waals surface area contributed by atoms with Crippen molar-refractivity contribution in [2.75, 3.05) is 25.2 Å². The molecule has 1 aromatic heterocycles. The van der Waals surface area contributed by atoms with Crippen molar-refractivity contribution >= 4 is 23.1 Å². The molecule has 0 amide bonds. The van der Waals surface area contributed by atoms with Gasteiger partial charge in [0.1, 0.15) is 0 Å². The van der Waals surface area contributed by atoms with E-state index < -0.39 is 0 Å². The van der Waals surface area contributed by atoms with Crippen LogP contribution in [0.2, 0.25) is 0 Å². The second-order valence-electron chi connectivity index (χ2n) is 5.37. The predicted molar refractivity (Wildman–Crippen MR) is 79.5 cm³/mol. The van der Waals surface area contributed by atoms with Crippen LogP contribution in [0.25, 0.3) is 0 Å². The van der Waals surface area contributed by atoms with Crippen LogP contribution >= 0.6 is 23.1 Å². The first kappa shape index (κ1) is 13.0. The minimum atomic E-state index is 0.194. The summed E-state index contributed by atoms with van der Waals surface area (Å²) < 4.78 is 6.12. The number of thioether (sulfide) groups is 1. The quantitative estimate of drug-likeness (QED) is 0.919. The van der Waals surface area contributed by atoms with Crippen LogP contribution in [-0.2, 0) is 4.74 Å². The third kappa shape index (κ3) is 2.48. The van der Waals surface area contributed by atoms with Crippen molar-refractivity contribution in [2.24, 2.45) is 5.92 Å². The second-order valence-corrected chi connectivity index (χ2v) is 7.45. The number of ether oxygens (including phenoxy) is 1. The van der Waals surface area contributed by atoms with Gasteiger partial charge in [-0.25, -0.2) is 0 Å². The van der Waals surface area contributed by atoms with Crippen molar-refractivity contribution in [1.82, 2.24) is 5.32 Å². The lowest BCUT2D eigenvalue weighted by Crippen LogP contribution is -2.43. The fourth-order valence-electron chi connectivity index (χ4n) is 3.29. The molecule has 2 aliphatic heterocycles. The highest BCUT2D eigenvalue weighted by Gasteiger charge is 2.42. The third-order valence-corrected chi connectivity index (χ3v) is 6.41. The van der Waals surface area contributed by atoms with Gasteiger partial charge in [-0.15, -0.1) is 11.3 Å². The van der Waals surface area contributed by atoms with Crippen LogP contribution in [-0.4, -0.2) is 30.8 Å². The van der Waals surface area contributed by atoms with Crippen LogP contribution in [0, 0.1) is 5.92 Å². The van der Waals surface area contributed by atoms with Gasteiger partial charge in [0, 0.05) is 23.3 Å². The van der Waals surface area contributed by atoms with Gasteiger partial charge >= 0.3 is 0 Å². The maximum atomic E-state index is 6.12. The van der Waals surface area contributed by atoms with Crippen LogP contribution in [0.3, 0.4) is 0 Å². The zero-order chi connectivity index (χ0) is 12.4. The smallest absolute Gasteiger partial charge is 0.0783 e. The molecule has 18 heavy (non-hydrogen) atoms. The summed E-state index contributed by atoms with van der Waals surface area (Å²) in [5.41, 5.74) is 0.194. The highest BCUT2D eigenvalue weighted by Crippen LogP contribution is 2.44. The van der Waals surface area contributed by atoms with Gasteiger partial charge in [-0.2, -0.15) is 11.8 Å². The highest BCUT2D eigenvalue weighted by atomic mass is 32.2. The Morgan fingerprint density at radius 3 is 3.17 bits per heavy atom. The van der Waals surface area contributed by atoms with E-state index in [1.807, 2.05) is 11.3 Å². The first-order valence-electron chi connectivity index (χ1n) is 6.75. The zero-order valence-corrected chi connectivity index (χ0v) is 12.5. The standard InChI is InChI=1S/C14H21NOS2/c1-15-13(12-3-2-7-18-12)11-4-6-16-14(9-11)5-8-17-10-14/h2-3,7,11,13,15H,4-6,8-10H2,1H3. The van der Waals surface area contributed by atoms with E-state index in [2.05, 4.69) is 41.6 Å². The van der Waals surface area contributed by atoms with Gasteiger partial charge in [-0.3, -0.25) is 0 Å². The Hall–Kier alpha value is -0.0300. The summed E-state index contributed by atoms with van der Waals surface area (Å²) in [7, 11) is 2.09. The van der Waals surface area contributed by atoms with Crippen molar-refractivity contribution in [3.63, 3.8) is 0 Å². The maximum Gasteiger partial charge on any atom is 0.0783 e. The molecule has 2 saturated heterocycles. The van der Waals surface area contributed by atoms with E-state index in [9.17, 15) is 0 Å². The molecular formula is C14H21NOS2. The van der Waals surface area contributed by atoms with Crippen LogP contribution < -0.4 is 5.32 Å². The van der Waals surface area contributed by atoms with E-state index in [1.165, 1.54) is 35.6 Å². The molecule has 2 nitrogen and oxygen atoms in total. The molecule has 3 atom stereocenters. The fourth-order valence-corrected chi connectivity index (χ4v) is 5.60. The summed E-state index contributed by atoms with van der Waals surface area (Å²) in [5.74, 6) is 3.20. The minimum Gasteiger partial charge on any atom is -0.374 e. The Labute approximate surface area is 117 Å². The maximum absolute atomic E-state index is 6.12. The number of nitrogens with one attached hydrogen (secondary N) is 1. The van der Waals surface area contributed by atoms with E-state index in [4.69, 9.17) is 4.74 Å². The van der Waals surface area contributed by atoms with Crippen molar-refractivity contribution in [2.45, 2.75) is 30.9 Å². The van der Waals surface area contributed by atoms with Crippen molar-refractivity contribution in [3.8, 4) is 0 Å². The molecule has 3 heterocycles. The zero-order valence-electron chi connectivity index (χ0n) is 10.9. The molecule has 0 bridgehead atoms. The van der Waals surface area contributed by atoms with E-state index in [1.54, 1.807) is 0 Å². The summed E-state index contributed by atoms with van der Waals surface area (Å²) in [6.07, 6.45) is 3.66. The van der Waals surface area contributed by atoms with Gasteiger partial charge in [0.15, 0.2) is 0 Å². The van der Waals surface area contributed by atoms with Gasteiger partial charge in [0.2, 0.25) is 0 Å². The van der Waals surface area contributed by atoms with E-state index in [0.29, 0.717) is 6.04 Å². The Morgan fingerprint density at radius 1 is 1.56 bits per heavy atom. The second kappa shape index (κ2) is 5.53. The Morgan fingerprint density at radius 2 is 2.50 bits per heavy atom. The first-order chi connectivity index (χ1) is 8.83.